The van der Waals surface area contributed by atoms with Crippen LogP contribution in [0.3, 0.4) is 0 Å². The molecule has 0 fully saturated rings. The van der Waals surface area contributed by atoms with Crippen molar-refractivity contribution >= 4 is 31.1 Å². The van der Waals surface area contributed by atoms with Gasteiger partial charge in [0.05, 0.1) is 19.0 Å². The highest BCUT2D eigenvalue weighted by Gasteiger charge is 2.15. The van der Waals surface area contributed by atoms with Gasteiger partial charge in [0.2, 0.25) is 0 Å². The number of nitrogens with one attached hydrogen (secondary N) is 1. The van der Waals surface area contributed by atoms with E-state index in [1.165, 1.54) is 6.33 Å². The number of hydrogen-bond donors (Lipinski definition) is 2. The number of ether oxygens (including phenoxy) is 1. The monoisotopic (exact) mass is 391 g/mol. The van der Waals surface area contributed by atoms with Crippen LogP contribution in [0.5, 0.6) is 0 Å². The minimum atomic E-state index is -3.02. The molecule has 2 unspecified atom stereocenters. The summed E-state index contributed by atoms with van der Waals surface area (Å²) in [6.07, 6.45) is 2.59. The number of carbonyl (C=O) groups excluding carboxylic acids is 1. The van der Waals surface area contributed by atoms with Crippen molar-refractivity contribution in [3.05, 3.63) is 48.5 Å². The Morgan fingerprint density at radius 2 is 2.07 bits per heavy atom. The highest BCUT2D eigenvalue weighted by Crippen LogP contribution is 2.19. The van der Waals surface area contributed by atoms with Gasteiger partial charge in [-0.2, -0.15) is 0 Å². The van der Waals surface area contributed by atoms with Crippen LogP contribution in [-0.2, 0) is 20.4 Å². The molecule has 2 heterocycles. The van der Waals surface area contributed by atoms with Gasteiger partial charge in [-0.05, 0) is 19.1 Å². The molecule has 27 heavy (non-hydrogen) atoms. The largest absolute Gasteiger partial charge is 0.350 e. The summed E-state index contributed by atoms with van der Waals surface area (Å²) in [5.41, 5.74) is 1.49. The summed E-state index contributed by atoms with van der Waals surface area (Å²) in [4.78, 5) is 33.6. The molecule has 2 N–H and O–H groups in total. The van der Waals surface area contributed by atoms with Crippen LogP contribution in [0.15, 0.2) is 43.0 Å². The molecule has 2 aromatic heterocycles. The summed E-state index contributed by atoms with van der Waals surface area (Å²) in [7, 11) is -3.02. The predicted molar refractivity (Wildman–Crippen MR) is 97.4 cm³/mol. The molecule has 3 aromatic rings. The van der Waals surface area contributed by atoms with E-state index in [0.717, 1.165) is 0 Å². The SMILES string of the molecule is CC(Cn1cnc2c(NC(=O)c3ccccc3)ncnc21)OCO[PH](=O)O. The van der Waals surface area contributed by atoms with Crippen molar-refractivity contribution in [1.29, 1.82) is 0 Å². The number of hydrogen-bond acceptors (Lipinski definition) is 7. The molecule has 11 heteroatoms. The van der Waals surface area contributed by atoms with Crippen molar-refractivity contribution in [1.82, 2.24) is 19.5 Å². The number of benzene rings is 1. The standard InChI is InChI=1S/C16H18N5O5P/c1-11(25-10-26-27(23)24)7-21-9-19-13-14(17-8-18-15(13)21)20-16(22)12-5-3-2-4-6-12/h2-6,8-9,11,27H,7,10H2,1H3,(H,23,24)(H,17,18,20,22). The van der Waals surface area contributed by atoms with Gasteiger partial charge >= 0.3 is 8.25 Å². The number of amides is 1. The van der Waals surface area contributed by atoms with E-state index in [4.69, 9.17) is 9.63 Å². The fourth-order valence-electron chi connectivity index (χ4n) is 2.41. The first-order valence-corrected chi connectivity index (χ1v) is 9.30. The van der Waals surface area contributed by atoms with E-state index in [2.05, 4.69) is 24.8 Å². The Balaban J connectivity index is 1.72. The van der Waals surface area contributed by atoms with Crippen molar-refractivity contribution in [2.75, 3.05) is 12.1 Å². The first-order valence-electron chi connectivity index (χ1n) is 8.04. The lowest BCUT2D eigenvalue weighted by Gasteiger charge is -2.13. The Kier molecular flexibility index (Phi) is 6.25. The molecule has 0 radical (unpaired) electrons. The van der Waals surface area contributed by atoms with Crippen LogP contribution in [0.2, 0.25) is 0 Å². The fraction of sp³-hybridized carbons (Fsp3) is 0.250. The van der Waals surface area contributed by atoms with Crippen molar-refractivity contribution in [2.45, 2.75) is 19.6 Å². The van der Waals surface area contributed by atoms with E-state index in [1.807, 2.05) is 6.07 Å². The average Bonchev–Trinajstić information content (AvgIpc) is 3.06. The van der Waals surface area contributed by atoms with Crippen molar-refractivity contribution in [3.8, 4) is 0 Å². The van der Waals surface area contributed by atoms with Gasteiger partial charge in [0.15, 0.2) is 23.8 Å². The Morgan fingerprint density at radius 3 is 2.81 bits per heavy atom. The lowest BCUT2D eigenvalue weighted by Crippen LogP contribution is -2.17. The molecule has 142 valence electrons. The molecule has 0 bridgehead atoms. The Bertz CT molecular complexity index is 949. The smallest absolute Gasteiger partial charge is 0.318 e. The molecular weight excluding hydrogens is 373 g/mol. The fourth-order valence-corrected chi connectivity index (χ4v) is 2.57. The molecule has 10 nitrogen and oxygen atoms in total. The predicted octanol–water partition coefficient (Wildman–Crippen LogP) is 1.84. The first-order chi connectivity index (χ1) is 13.0. The number of nitrogens with zero attached hydrogens (tertiary/aromatic N) is 4. The maximum Gasteiger partial charge on any atom is 0.318 e. The summed E-state index contributed by atoms with van der Waals surface area (Å²) in [6, 6.07) is 8.79. The molecule has 0 aliphatic carbocycles. The van der Waals surface area contributed by atoms with E-state index in [9.17, 15) is 9.36 Å². The van der Waals surface area contributed by atoms with Crippen LogP contribution in [0.25, 0.3) is 11.2 Å². The summed E-state index contributed by atoms with van der Waals surface area (Å²) < 4.78 is 22.1. The second kappa shape index (κ2) is 8.83. The van der Waals surface area contributed by atoms with Gasteiger partial charge < -0.3 is 19.5 Å². The van der Waals surface area contributed by atoms with Crippen molar-refractivity contribution in [2.24, 2.45) is 0 Å². The second-order valence-electron chi connectivity index (χ2n) is 5.62. The van der Waals surface area contributed by atoms with Crippen LogP contribution < -0.4 is 5.32 Å². The van der Waals surface area contributed by atoms with Crippen LogP contribution in [0.4, 0.5) is 5.82 Å². The molecule has 1 aromatic carbocycles. The minimum absolute atomic E-state index is 0.282. The Morgan fingerprint density at radius 1 is 1.30 bits per heavy atom. The van der Waals surface area contributed by atoms with Gasteiger partial charge in [0, 0.05) is 5.56 Å². The zero-order valence-corrected chi connectivity index (χ0v) is 15.4. The third-order valence-corrected chi connectivity index (χ3v) is 4.02. The van der Waals surface area contributed by atoms with Gasteiger partial charge in [-0.15, -0.1) is 0 Å². The number of rotatable bonds is 8. The molecule has 1 amide bonds. The number of carbonyl (C=O) groups is 1. The van der Waals surface area contributed by atoms with Gasteiger partial charge in [-0.25, -0.2) is 15.0 Å². The zero-order valence-electron chi connectivity index (χ0n) is 14.4. The normalized spacial score (nSPS) is 13.4. The molecule has 0 aliphatic heterocycles. The minimum Gasteiger partial charge on any atom is -0.350 e. The number of aromatic nitrogens is 4. The van der Waals surface area contributed by atoms with Gasteiger partial charge in [-0.3, -0.25) is 13.9 Å². The molecule has 0 aliphatic rings. The Hall–Kier alpha value is -2.65. The van der Waals surface area contributed by atoms with Crippen molar-refractivity contribution < 1.29 is 23.5 Å². The molecule has 0 saturated heterocycles. The van der Waals surface area contributed by atoms with Gasteiger partial charge in [-0.1, -0.05) is 18.2 Å². The maximum atomic E-state index is 12.3. The average molecular weight is 391 g/mol. The highest BCUT2D eigenvalue weighted by atomic mass is 31.1. The van der Waals surface area contributed by atoms with Crippen LogP contribution >= 0.6 is 8.25 Å². The lowest BCUT2D eigenvalue weighted by atomic mass is 10.2. The third kappa shape index (κ3) is 4.95. The van der Waals surface area contributed by atoms with E-state index in [0.29, 0.717) is 29.1 Å². The van der Waals surface area contributed by atoms with E-state index in [1.54, 1.807) is 42.1 Å². The summed E-state index contributed by atoms with van der Waals surface area (Å²) in [6.45, 7) is 1.88. The molecule has 2 atom stereocenters. The first kappa shape index (κ1) is 19.1. The van der Waals surface area contributed by atoms with Gasteiger partial charge in [0.1, 0.15) is 6.33 Å². The molecule has 0 saturated carbocycles. The summed E-state index contributed by atoms with van der Waals surface area (Å²) in [5, 5.41) is 2.74. The van der Waals surface area contributed by atoms with Gasteiger partial charge in [0.25, 0.3) is 5.91 Å². The molecular formula is C16H18N5O5P. The highest BCUT2D eigenvalue weighted by molar-refractivity contribution is 7.32. The summed E-state index contributed by atoms with van der Waals surface area (Å²) in [5.74, 6) is 0.0154. The second-order valence-corrected chi connectivity index (χ2v) is 6.44. The number of anilines is 1. The maximum absolute atomic E-state index is 12.3. The van der Waals surface area contributed by atoms with E-state index >= 15 is 0 Å². The van der Waals surface area contributed by atoms with E-state index < -0.39 is 8.25 Å². The van der Waals surface area contributed by atoms with Crippen molar-refractivity contribution in [3.63, 3.8) is 0 Å². The zero-order chi connectivity index (χ0) is 19.2. The van der Waals surface area contributed by atoms with Crippen LogP contribution in [-0.4, -0.2) is 43.2 Å². The van der Waals surface area contributed by atoms with Crippen LogP contribution in [0.1, 0.15) is 17.3 Å². The Labute approximate surface area is 155 Å². The lowest BCUT2D eigenvalue weighted by molar-refractivity contribution is -0.0346. The quantitative estimate of drug-likeness (QED) is 0.440. The van der Waals surface area contributed by atoms with E-state index in [-0.39, 0.29) is 18.8 Å². The summed E-state index contributed by atoms with van der Waals surface area (Å²) >= 11 is 0. The molecule has 0 spiro atoms. The van der Waals surface area contributed by atoms with Crippen LogP contribution in [0, 0.1) is 0 Å². The third-order valence-electron chi connectivity index (χ3n) is 3.66. The number of fused-ring (bicyclic) bond motifs is 1. The molecule has 3 rings (SSSR count). The topological polar surface area (TPSA) is 128 Å². The number of imidazole rings is 1.